The van der Waals surface area contributed by atoms with Crippen LogP contribution in [0.3, 0.4) is 0 Å². The van der Waals surface area contributed by atoms with Crippen LogP contribution in [0.5, 0.6) is 0 Å². The minimum Gasteiger partial charge on any atom is -0.403 e. The Hall–Kier alpha value is -1.13. The zero-order valence-electron chi connectivity index (χ0n) is 14.8. The third-order valence-electron chi connectivity index (χ3n) is 5.63. The average Bonchev–Trinajstić information content (AvgIpc) is 2.71. The molecule has 2 aliphatic heterocycles. The SMILES string of the molecule is CC1=Nc2ccc(CB3OC(C)(C)C(C)(C)O3)cc2C1(C)C. The van der Waals surface area contributed by atoms with Crippen LogP contribution in [-0.2, 0) is 21.0 Å². The van der Waals surface area contributed by atoms with E-state index in [1.807, 2.05) is 0 Å². The summed E-state index contributed by atoms with van der Waals surface area (Å²) in [5.74, 6) is 0. The summed E-state index contributed by atoms with van der Waals surface area (Å²) in [6, 6.07) is 6.52. The molecule has 0 N–H and O–H groups in total. The van der Waals surface area contributed by atoms with Gasteiger partial charge in [-0.25, -0.2) is 0 Å². The normalized spacial score (nSPS) is 24.3. The third-order valence-corrected chi connectivity index (χ3v) is 5.63. The molecule has 1 fully saturated rings. The van der Waals surface area contributed by atoms with Gasteiger partial charge in [0.05, 0.1) is 16.9 Å². The van der Waals surface area contributed by atoms with Crippen LogP contribution in [0.4, 0.5) is 5.69 Å². The zero-order chi connectivity index (χ0) is 16.3. The van der Waals surface area contributed by atoms with Crippen molar-refractivity contribution >= 4 is 18.5 Å². The van der Waals surface area contributed by atoms with E-state index in [-0.39, 0.29) is 23.7 Å². The Bertz CT molecular complexity index is 630. The van der Waals surface area contributed by atoms with Gasteiger partial charge in [-0.2, -0.15) is 0 Å². The minimum atomic E-state index is -0.270. The molecule has 0 atom stereocenters. The molecule has 2 heterocycles. The lowest BCUT2D eigenvalue weighted by Gasteiger charge is -2.32. The fourth-order valence-corrected chi connectivity index (χ4v) is 3.06. The number of benzene rings is 1. The lowest BCUT2D eigenvalue weighted by Crippen LogP contribution is -2.41. The van der Waals surface area contributed by atoms with Crippen molar-refractivity contribution in [3.05, 3.63) is 29.3 Å². The van der Waals surface area contributed by atoms with Crippen LogP contribution in [0.15, 0.2) is 23.2 Å². The first-order chi connectivity index (χ1) is 10.0. The van der Waals surface area contributed by atoms with E-state index in [1.54, 1.807) is 0 Å². The van der Waals surface area contributed by atoms with Crippen molar-refractivity contribution in [1.82, 2.24) is 0 Å². The van der Waals surface area contributed by atoms with Crippen molar-refractivity contribution in [3.8, 4) is 0 Å². The van der Waals surface area contributed by atoms with Gasteiger partial charge < -0.3 is 9.31 Å². The lowest BCUT2D eigenvalue weighted by molar-refractivity contribution is 0.00578. The van der Waals surface area contributed by atoms with Gasteiger partial charge in [0, 0.05) is 17.4 Å². The molecule has 0 saturated carbocycles. The summed E-state index contributed by atoms with van der Waals surface area (Å²) < 4.78 is 12.2. The average molecular weight is 299 g/mol. The van der Waals surface area contributed by atoms with E-state index in [9.17, 15) is 0 Å². The van der Waals surface area contributed by atoms with E-state index in [2.05, 4.69) is 71.7 Å². The van der Waals surface area contributed by atoms with Crippen LogP contribution in [0.25, 0.3) is 0 Å². The molecule has 1 aromatic rings. The maximum atomic E-state index is 6.11. The summed E-state index contributed by atoms with van der Waals surface area (Å²) in [5, 5.41) is 0. The highest BCUT2D eigenvalue weighted by molar-refractivity contribution is 6.45. The topological polar surface area (TPSA) is 30.8 Å². The summed E-state index contributed by atoms with van der Waals surface area (Å²) in [4.78, 5) is 4.68. The zero-order valence-corrected chi connectivity index (χ0v) is 14.8. The number of rotatable bonds is 2. The molecule has 0 unspecified atom stereocenters. The van der Waals surface area contributed by atoms with Gasteiger partial charge in [-0.3, -0.25) is 4.99 Å². The Balaban J connectivity index is 1.82. The second kappa shape index (κ2) is 4.69. The smallest absolute Gasteiger partial charge is 0.403 e. The standard InChI is InChI=1S/C18H26BNO2/c1-12-16(2,3)14-10-13(8-9-15(14)20-12)11-19-21-17(4,5)18(6,7)22-19/h8-10H,11H2,1-7H3. The van der Waals surface area contributed by atoms with Crippen molar-refractivity contribution in [3.63, 3.8) is 0 Å². The fourth-order valence-electron chi connectivity index (χ4n) is 3.06. The van der Waals surface area contributed by atoms with Crippen molar-refractivity contribution in [2.45, 2.75) is 71.4 Å². The molecule has 0 spiro atoms. The first kappa shape index (κ1) is 15.8. The molecule has 0 radical (unpaired) electrons. The van der Waals surface area contributed by atoms with Gasteiger partial charge in [-0.05, 0) is 51.8 Å². The second-order valence-electron chi connectivity index (χ2n) is 8.06. The van der Waals surface area contributed by atoms with Gasteiger partial charge >= 0.3 is 7.12 Å². The predicted molar refractivity (Wildman–Crippen MR) is 92.0 cm³/mol. The van der Waals surface area contributed by atoms with E-state index in [1.165, 1.54) is 16.8 Å². The molecule has 3 rings (SSSR count). The fraction of sp³-hybridized carbons (Fsp3) is 0.611. The maximum absolute atomic E-state index is 6.11. The van der Waals surface area contributed by atoms with Crippen molar-refractivity contribution in [1.29, 1.82) is 0 Å². The maximum Gasteiger partial charge on any atom is 0.462 e. The third kappa shape index (κ3) is 2.33. The number of hydrogen-bond donors (Lipinski definition) is 0. The first-order valence-corrected chi connectivity index (χ1v) is 8.08. The van der Waals surface area contributed by atoms with Gasteiger partial charge in [0.25, 0.3) is 0 Å². The number of hydrogen-bond acceptors (Lipinski definition) is 3. The molecule has 0 aliphatic carbocycles. The molecule has 3 nitrogen and oxygen atoms in total. The number of aliphatic imine (C=N–C) groups is 1. The number of nitrogens with zero attached hydrogens (tertiary/aromatic N) is 1. The molecular weight excluding hydrogens is 273 g/mol. The molecule has 1 aromatic carbocycles. The predicted octanol–water partition coefficient (Wildman–Crippen LogP) is 4.24. The van der Waals surface area contributed by atoms with Gasteiger partial charge in [-0.1, -0.05) is 26.0 Å². The number of fused-ring (bicyclic) bond motifs is 1. The summed E-state index contributed by atoms with van der Waals surface area (Å²) in [6.07, 6.45) is 0.773. The van der Waals surface area contributed by atoms with Crippen molar-refractivity contribution in [2.24, 2.45) is 4.99 Å². The highest BCUT2D eigenvalue weighted by Gasteiger charge is 2.50. The molecule has 4 heteroatoms. The Morgan fingerprint density at radius 2 is 1.59 bits per heavy atom. The van der Waals surface area contributed by atoms with E-state index in [0.29, 0.717) is 0 Å². The molecule has 0 aromatic heterocycles. The highest BCUT2D eigenvalue weighted by atomic mass is 16.7. The van der Waals surface area contributed by atoms with Crippen molar-refractivity contribution < 1.29 is 9.31 Å². The first-order valence-electron chi connectivity index (χ1n) is 8.08. The van der Waals surface area contributed by atoms with E-state index < -0.39 is 0 Å². The van der Waals surface area contributed by atoms with Crippen molar-refractivity contribution in [2.75, 3.05) is 0 Å². The monoisotopic (exact) mass is 299 g/mol. The quantitative estimate of drug-likeness (QED) is 0.765. The van der Waals surface area contributed by atoms with Gasteiger partial charge in [0.15, 0.2) is 0 Å². The molecule has 2 aliphatic rings. The molecular formula is C18H26BNO2. The Labute approximate surface area is 134 Å². The van der Waals surface area contributed by atoms with E-state index >= 15 is 0 Å². The molecule has 1 saturated heterocycles. The van der Waals surface area contributed by atoms with Crippen LogP contribution in [0.1, 0.15) is 59.6 Å². The molecule has 118 valence electrons. The van der Waals surface area contributed by atoms with E-state index in [4.69, 9.17) is 9.31 Å². The van der Waals surface area contributed by atoms with Crippen LogP contribution in [0.2, 0.25) is 0 Å². The summed E-state index contributed by atoms with van der Waals surface area (Å²) >= 11 is 0. The highest BCUT2D eigenvalue weighted by Crippen LogP contribution is 2.41. The minimum absolute atomic E-state index is 0.0152. The summed E-state index contributed by atoms with van der Waals surface area (Å²) in [6.45, 7) is 14.9. The van der Waals surface area contributed by atoms with Gasteiger partial charge in [0.2, 0.25) is 0 Å². The van der Waals surface area contributed by atoms with Gasteiger partial charge in [-0.15, -0.1) is 0 Å². The Morgan fingerprint density at radius 1 is 1.00 bits per heavy atom. The Morgan fingerprint density at radius 3 is 2.18 bits per heavy atom. The lowest BCUT2D eigenvalue weighted by atomic mass is 9.77. The van der Waals surface area contributed by atoms with Crippen LogP contribution in [-0.4, -0.2) is 24.0 Å². The molecule has 0 bridgehead atoms. The molecule has 22 heavy (non-hydrogen) atoms. The van der Waals surface area contributed by atoms with Gasteiger partial charge in [0.1, 0.15) is 0 Å². The van der Waals surface area contributed by atoms with Crippen LogP contribution < -0.4 is 0 Å². The summed E-state index contributed by atoms with van der Waals surface area (Å²) in [7, 11) is -0.186. The largest absolute Gasteiger partial charge is 0.462 e. The Kier molecular flexibility index (Phi) is 3.36. The summed E-state index contributed by atoms with van der Waals surface area (Å²) in [5.41, 5.74) is 4.30. The molecule has 0 amide bonds. The van der Waals surface area contributed by atoms with Crippen LogP contribution in [0, 0.1) is 0 Å². The van der Waals surface area contributed by atoms with Crippen LogP contribution >= 0.6 is 0 Å². The second-order valence-corrected chi connectivity index (χ2v) is 8.06. The van der Waals surface area contributed by atoms with E-state index in [0.717, 1.165) is 12.0 Å².